The van der Waals surface area contributed by atoms with Crippen LogP contribution in [0.1, 0.15) is 44.0 Å². The van der Waals surface area contributed by atoms with Crippen molar-refractivity contribution in [3.63, 3.8) is 0 Å². The van der Waals surface area contributed by atoms with Gasteiger partial charge in [0.2, 0.25) is 5.88 Å². The first kappa shape index (κ1) is 22.7. The first-order valence-corrected chi connectivity index (χ1v) is 9.37. The minimum Gasteiger partial charge on any atom is -0.481 e. The average molecular weight is 424 g/mol. The number of nitrogens with one attached hydrogen (secondary N) is 1. The smallest absolute Gasteiger partial charge is 0.408 e. The summed E-state index contributed by atoms with van der Waals surface area (Å²) in [6, 6.07) is 7.97. The zero-order valence-corrected chi connectivity index (χ0v) is 17.9. The second kappa shape index (κ2) is 9.76. The van der Waals surface area contributed by atoms with E-state index in [4.69, 9.17) is 25.8 Å². The Morgan fingerprint density at radius 1 is 1.21 bits per heavy atom. The van der Waals surface area contributed by atoms with E-state index in [1.54, 1.807) is 51.1 Å². The van der Waals surface area contributed by atoms with E-state index in [1.165, 1.54) is 14.2 Å². The third kappa shape index (κ3) is 6.47. The minimum absolute atomic E-state index is 0.0833. The number of benzene rings is 1. The maximum absolute atomic E-state index is 12.5. The van der Waals surface area contributed by atoms with Crippen LogP contribution in [0.2, 0.25) is 5.02 Å². The molecule has 0 bridgehead atoms. The van der Waals surface area contributed by atoms with Crippen molar-refractivity contribution in [1.29, 1.82) is 0 Å². The Morgan fingerprint density at radius 3 is 2.48 bits per heavy atom. The fourth-order valence-electron chi connectivity index (χ4n) is 2.73. The molecule has 1 amide bonds. The number of hydrogen-bond donors (Lipinski definition) is 2. The van der Waals surface area contributed by atoms with Crippen LogP contribution in [-0.4, -0.2) is 47.6 Å². The highest BCUT2D eigenvalue weighted by Crippen LogP contribution is 2.33. The molecule has 29 heavy (non-hydrogen) atoms. The summed E-state index contributed by atoms with van der Waals surface area (Å²) in [5, 5.41) is 13.5. The van der Waals surface area contributed by atoms with Crippen molar-refractivity contribution in [1.82, 2.24) is 15.3 Å². The fourth-order valence-corrected chi connectivity index (χ4v) is 2.93. The molecule has 2 rings (SSSR count). The number of ether oxygens (including phenoxy) is 3. The summed E-state index contributed by atoms with van der Waals surface area (Å²) in [6.07, 6.45) is -0.631. The molecule has 1 aromatic heterocycles. The highest BCUT2D eigenvalue weighted by Gasteiger charge is 2.30. The van der Waals surface area contributed by atoms with Gasteiger partial charge in [0.25, 0.3) is 0 Å². The second-order valence-corrected chi connectivity index (χ2v) is 7.73. The molecule has 8 nitrogen and oxygen atoms in total. The van der Waals surface area contributed by atoms with Crippen molar-refractivity contribution < 1.29 is 24.1 Å². The molecule has 1 aromatic carbocycles. The number of amides is 1. The van der Waals surface area contributed by atoms with Crippen LogP contribution in [0.15, 0.2) is 30.3 Å². The molecule has 9 heteroatoms. The normalized spacial score (nSPS) is 13.3. The SMILES string of the molecule is COc1cc(C(CO)C(NC(=O)OC(C)(C)C)c2cccc(Cl)c2)nc(OC)n1. The van der Waals surface area contributed by atoms with E-state index in [2.05, 4.69) is 15.3 Å². The molecule has 1 heterocycles. The fraction of sp³-hybridized carbons (Fsp3) is 0.450. The second-order valence-electron chi connectivity index (χ2n) is 7.29. The Labute approximate surface area is 175 Å². The molecule has 0 saturated heterocycles. The van der Waals surface area contributed by atoms with Gasteiger partial charge in [-0.1, -0.05) is 23.7 Å². The Hall–Kier alpha value is -2.58. The monoisotopic (exact) mass is 423 g/mol. The van der Waals surface area contributed by atoms with Crippen molar-refractivity contribution >= 4 is 17.7 Å². The van der Waals surface area contributed by atoms with Crippen molar-refractivity contribution in [3.8, 4) is 11.9 Å². The first-order chi connectivity index (χ1) is 13.7. The maximum atomic E-state index is 12.5. The van der Waals surface area contributed by atoms with Crippen molar-refractivity contribution in [2.24, 2.45) is 0 Å². The van der Waals surface area contributed by atoms with Crippen LogP contribution in [-0.2, 0) is 4.74 Å². The first-order valence-electron chi connectivity index (χ1n) is 8.99. The quantitative estimate of drug-likeness (QED) is 0.702. The van der Waals surface area contributed by atoms with Crippen LogP contribution in [0.3, 0.4) is 0 Å². The molecule has 0 fully saturated rings. The van der Waals surface area contributed by atoms with Gasteiger partial charge >= 0.3 is 12.1 Å². The van der Waals surface area contributed by atoms with Gasteiger partial charge in [-0.15, -0.1) is 0 Å². The Bertz CT molecular complexity index is 819. The summed E-state index contributed by atoms with van der Waals surface area (Å²) in [5.74, 6) is -0.376. The van der Waals surface area contributed by atoms with Crippen LogP contribution in [0.5, 0.6) is 11.9 Å². The summed E-state index contributed by atoms with van der Waals surface area (Å²) in [6.45, 7) is 4.98. The lowest BCUT2D eigenvalue weighted by atomic mass is 9.90. The highest BCUT2D eigenvalue weighted by atomic mass is 35.5. The third-order valence-corrected chi connectivity index (χ3v) is 4.19. The maximum Gasteiger partial charge on any atom is 0.408 e. The number of rotatable bonds is 7. The average Bonchev–Trinajstić information content (AvgIpc) is 2.66. The van der Waals surface area contributed by atoms with Gasteiger partial charge in [0.05, 0.1) is 32.6 Å². The molecular formula is C20H26ClN3O5. The number of carbonyl (C=O) groups excluding carboxylic acids is 1. The van der Waals surface area contributed by atoms with Crippen LogP contribution >= 0.6 is 11.6 Å². The number of methoxy groups -OCH3 is 2. The molecule has 2 unspecified atom stereocenters. The van der Waals surface area contributed by atoms with Gasteiger partial charge in [0, 0.05) is 17.0 Å². The lowest BCUT2D eigenvalue weighted by molar-refractivity contribution is 0.0487. The van der Waals surface area contributed by atoms with E-state index in [0.717, 1.165) is 0 Å². The van der Waals surface area contributed by atoms with E-state index < -0.39 is 23.7 Å². The van der Waals surface area contributed by atoms with Gasteiger partial charge in [0.15, 0.2) is 0 Å². The number of hydrogen-bond acceptors (Lipinski definition) is 7. The highest BCUT2D eigenvalue weighted by molar-refractivity contribution is 6.30. The summed E-state index contributed by atoms with van der Waals surface area (Å²) in [4.78, 5) is 20.9. The standard InChI is InChI=1S/C20H26ClN3O5/c1-20(2,3)29-19(26)24-17(12-7-6-8-13(21)9-12)14(11-25)15-10-16(27-4)23-18(22-15)28-5/h6-10,14,17,25H,11H2,1-5H3,(H,24,26). The van der Waals surface area contributed by atoms with Gasteiger partial charge in [-0.2, -0.15) is 9.97 Å². The van der Waals surface area contributed by atoms with Gasteiger partial charge in [-0.25, -0.2) is 4.79 Å². The molecule has 2 N–H and O–H groups in total. The molecule has 0 radical (unpaired) electrons. The summed E-state index contributed by atoms with van der Waals surface area (Å²) in [5.41, 5.74) is 0.426. The lowest BCUT2D eigenvalue weighted by Crippen LogP contribution is -2.38. The number of alkyl carbamates (subject to hydrolysis) is 1. The largest absolute Gasteiger partial charge is 0.481 e. The zero-order valence-electron chi connectivity index (χ0n) is 17.1. The van der Waals surface area contributed by atoms with Crippen LogP contribution < -0.4 is 14.8 Å². The number of aliphatic hydroxyl groups is 1. The Morgan fingerprint density at radius 2 is 1.93 bits per heavy atom. The van der Waals surface area contributed by atoms with Gasteiger partial charge in [-0.3, -0.25) is 0 Å². The van der Waals surface area contributed by atoms with Crippen LogP contribution in [0.4, 0.5) is 4.79 Å². The van der Waals surface area contributed by atoms with E-state index >= 15 is 0 Å². The van der Waals surface area contributed by atoms with Crippen LogP contribution in [0.25, 0.3) is 0 Å². The van der Waals surface area contributed by atoms with E-state index in [-0.39, 0.29) is 18.5 Å². The third-order valence-electron chi connectivity index (χ3n) is 3.95. The van der Waals surface area contributed by atoms with Crippen LogP contribution in [0, 0.1) is 0 Å². The topological polar surface area (TPSA) is 103 Å². The molecule has 158 valence electrons. The summed E-state index contributed by atoms with van der Waals surface area (Å²) >= 11 is 6.15. The van der Waals surface area contributed by atoms with E-state index in [9.17, 15) is 9.90 Å². The van der Waals surface area contributed by atoms with Crippen molar-refractivity contribution in [2.45, 2.75) is 38.3 Å². The zero-order chi connectivity index (χ0) is 21.6. The van der Waals surface area contributed by atoms with E-state index in [0.29, 0.717) is 16.3 Å². The van der Waals surface area contributed by atoms with Crippen molar-refractivity contribution in [3.05, 3.63) is 46.6 Å². The molecular weight excluding hydrogens is 398 g/mol. The summed E-state index contributed by atoms with van der Waals surface area (Å²) < 4.78 is 15.7. The molecule has 0 spiro atoms. The molecule has 0 aliphatic heterocycles. The minimum atomic E-state index is -0.683. The molecule has 0 aliphatic rings. The molecule has 0 saturated carbocycles. The Kier molecular flexibility index (Phi) is 7.64. The van der Waals surface area contributed by atoms with Crippen molar-refractivity contribution in [2.75, 3.05) is 20.8 Å². The molecule has 2 atom stereocenters. The number of halogens is 1. The predicted molar refractivity (Wildman–Crippen MR) is 109 cm³/mol. The van der Waals surface area contributed by atoms with E-state index in [1.807, 2.05) is 0 Å². The number of nitrogens with zero attached hydrogens (tertiary/aromatic N) is 2. The number of aliphatic hydroxyl groups excluding tert-OH is 1. The predicted octanol–water partition coefficient (Wildman–Crippen LogP) is 3.49. The van der Waals surface area contributed by atoms with Gasteiger partial charge in [0.1, 0.15) is 5.60 Å². The van der Waals surface area contributed by atoms with Gasteiger partial charge < -0.3 is 24.6 Å². The number of aromatic nitrogens is 2. The van der Waals surface area contributed by atoms with Gasteiger partial charge in [-0.05, 0) is 38.5 Å². The molecule has 0 aliphatic carbocycles. The number of carbonyl (C=O) groups is 1. The Balaban J connectivity index is 2.48. The molecule has 2 aromatic rings. The lowest BCUT2D eigenvalue weighted by Gasteiger charge is -2.29. The summed E-state index contributed by atoms with van der Waals surface area (Å²) in [7, 11) is 2.90.